The molecule has 1 amide bonds. The van der Waals surface area contributed by atoms with Crippen molar-refractivity contribution in [2.75, 3.05) is 20.1 Å². The number of halogens is 1. The van der Waals surface area contributed by atoms with Crippen molar-refractivity contribution < 1.29 is 4.79 Å². The van der Waals surface area contributed by atoms with Crippen LogP contribution in [-0.4, -0.2) is 26.0 Å². The number of rotatable bonds is 6. The third kappa shape index (κ3) is 5.33. The van der Waals surface area contributed by atoms with Crippen molar-refractivity contribution >= 4 is 21.8 Å². The van der Waals surface area contributed by atoms with Gasteiger partial charge in [-0.05, 0) is 31.1 Å². The Hall–Kier alpha value is -0.870. The maximum absolute atomic E-state index is 11.7. The van der Waals surface area contributed by atoms with Gasteiger partial charge in [0.1, 0.15) is 0 Å². The van der Waals surface area contributed by atoms with Crippen molar-refractivity contribution in [2.45, 2.75) is 13.3 Å². The summed E-state index contributed by atoms with van der Waals surface area (Å²) in [5.74, 6) is 0.517. The molecule has 0 saturated heterocycles. The molecule has 0 bridgehead atoms. The van der Waals surface area contributed by atoms with Gasteiger partial charge < -0.3 is 10.6 Å². The molecule has 0 unspecified atom stereocenters. The Balaban J connectivity index is 2.37. The fourth-order valence-corrected chi connectivity index (χ4v) is 2.01. The van der Waals surface area contributed by atoms with E-state index in [0.29, 0.717) is 18.9 Å². The second kappa shape index (κ2) is 7.45. The van der Waals surface area contributed by atoms with Crippen LogP contribution in [0.25, 0.3) is 0 Å². The molecule has 1 atom stereocenters. The van der Waals surface area contributed by atoms with Crippen LogP contribution in [0.5, 0.6) is 0 Å². The summed E-state index contributed by atoms with van der Waals surface area (Å²) in [5.41, 5.74) is 1.02. The average Bonchev–Trinajstić information content (AvgIpc) is 2.30. The van der Waals surface area contributed by atoms with E-state index in [2.05, 4.69) is 33.5 Å². The van der Waals surface area contributed by atoms with Crippen molar-refractivity contribution in [3.8, 4) is 0 Å². The molecule has 4 heteroatoms. The zero-order chi connectivity index (χ0) is 12.7. The Morgan fingerprint density at radius 2 is 2.06 bits per heavy atom. The standard InChI is InChI=1S/C13H19BrN2O/c1-10(8-15-2)9-16-13(17)7-11-5-3-4-6-12(11)14/h3-6,10,15H,7-9H2,1-2H3,(H,16,17)/t10-/m0/s1. The molecular weight excluding hydrogens is 280 g/mol. The molecule has 0 radical (unpaired) electrons. The van der Waals surface area contributed by atoms with Crippen LogP contribution in [0.4, 0.5) is 0 Å². The summed E-state index contributed by atoms with van der Waals surface area (Å²) >= 11 is 3.44. The second-order valence-electron chi connectivity index (χ2n) is 4.24. The molecule has 1 aromatic rings. The Labute approximate surface area is 111 Å². The lowest BCUT2D eigenvalue weighted by Crippen LogP contribution is -2.33. The molecule has 17 heavy (non-hydrogen) atoms. The molecule has 0 heterocycles. The second-order valence-corrected chi connectivity index (χ2v) is 5.09. The average molecular weight is 299 g/mol. The number of carbonyl (C=O) groups is 1. The highest BCUT2D eigenvalue weighted by molar-refractivity contribution is 9.10. The van der Waals surface area contributed by atoms with Crippen LogP contribution in [0.15, 0.2) is 28.7 Å². The third-order valence-corrected chi connectivity index (χ3v) is 3.28. The van der Waals surface area contributed by atoms with Crippen molar-refractivity contribution in [3.05, 3.63) is 34.3 Å². The molecule has 1 rings (SSSR count). The van der Waals surface area contributed by atoms with Crippen molar-refractivity contribution in [2.24, 2.45) is 5.92 Å². The fraction of sp³-hybridized carbons (Fsp3) is 0.462. The molecule has 0 aliphatic heterocycles. The highest BCUT2D eigenvalue weighted by Gasteiger charge is 2.07. The molecule has 0 spiro atoms. The lowest BCUT2D eigenvalue weighted by molar-refractivity contribution is -0.120. The van der Waals surface area contributed by atoms with E-state index in [1.54, 1.807) is 0 Å². The Morgan fingerprint density at radius 1 is 1.35 bits per heavy atom. The maximum atomic E-state index is 11.7. The van der Waals surface area contributed by atoms with E-state index in [0.717, 1.165) is 16.6 Å². The molecule has 0 fully saturated rings. The van der Waals surface area contributed by atoms with Crippen LogP contribution in [0.2, 0.25) is 0 Å². The molecule has 0 aromatic heterocycles. The molecule has 0 aliphatic carbocycles. The Bertz CT molecular complexity index is 368. The first-order chi connectivity index (χ1) is 8.13. The first kappa shape index (κ1) is 14.2. The minimum absolute atomic E-state index is 0.0693. The van der Waals surface area contributed by atoms with Crippen LogP contribution in [-0.2, 0) is 11.2 Å². The van der Waals surface area contributed by atoms with Gasteiger partial charge in [-0.3, -0.25) is 4.79 Å². The lowest BCUT2D eigenvalue weighted by atomic mass is 10.1. The molecule has 0 saturated carbocycles. The summed E-state index contributed by atoms with van der Waals surface area (Å²) in [6.07, 6.45) is 0.424. The zero-order valence-corrected chi connectivity index (χ0v) is 11.9. The monoisotopic (exact) mass is 298 g/mol. The van der Waals surface area contributed by atoms with Crippen LogP contribution in [0.3, 0.4) is 0 Å². The SMILES string of the molecule is CNC[C@H](C)CNC(=O)Cc1ccccc1Br. The van der Waals surface area contributed by atoms with E-state index < -0.39 is 0 Å². The number of carbonyl (C=O) groups excluding carboxylic acids is 1. The predicted octanol–water partition coefficient (Wildman–Crippen LogP) is 1.96. The van der Waals surface area contributed by atoms with Crippen LogP contribution in [0.1, 0.15) is 12.5 Å². The topological polar surface area (TPSA) is 41.1 Å². The Morgan fingerprint density at radius 3 is 2.71 bits per heavy atom. The minimum Gasteiger partial charge on any atom is -0.355 e. The van der Waals surface area contributed by atoms with Crippen LogP contribution < -0.4 is 10.6 Å². The predicted molar refractivity (Wildman–Crippen MR) is 73.9 cm³/mol. The number of hydrogen-bond acceptors (Lipinski definition) is 2. The molecule has 1 aromatic carbocycles. The number of benzene rings is 1. The van der Waals surface area contributed by atoms with E-state index in [1.165, 1.54) is 0 Å². The van der Waals surface area contributed by atoms with Gasteiger partial charge in [0.25, 0.3) is 0 Å². The zero-order valence-electron chi connectivity index (χ0n) is 10.3. The van der Waals surface area contributed by atoms with Gasteiger partial charge in [-0.1, -0.05) is 41.1 Å². The minimum atomic E-state index is 0.0693. The molecule has 94 valence electrons. The van der Waals surface area contributed by atoms with Gasteiger partial charge in [0.2, 0.25) is 5.91 Å². The van der Waals surface area contributed by atoms with Gasteiger partial charge in [0.05, 0.1) is 6.42 Å². The van der Waals surface area contributed by atoms with E-state index in [9.17, 15) is 4.79 Å². The van der Waals surface area contributed by atoms with Gasteiger partial charge in [-0.15, -0.1) is 0 Å². The summed E-state index contributed by atoms with van der Waals surface area (Å²) in [5, 5.41) is 6.03. The summed E-state index contributed by atoms with van der Waals surface area (Å²) in [4.78, 5) is 11.7. The maximum Gasteiger partial charge on any atom is 0.224 e. The van der Waals surface area contributed by atoms with E-state index in [1.807, 2.05) is 31.3 Å². The quantitative estimate of drug-likeness (QED) is 0.843. The normalized spacial score (nSPS) is 12.2. The van der Waals surface area contributed by atoms with Gasteiger partial charge in [-0.2, -0.15) is 0 Å². The summed E-state index contributed by atoms with van der Waals surface area (Å²) in [6.45, 7) is 3.73. The van der Waals surface area contributed by atoms with Gasteiger partial charge in [0.15, 0.2) is 0 Å². The first-order valence-corrected chi connectivity index (χ1v) is 6.57. The number of hydrogen-bond donors (Lipinski definition) is 2. The molecular formula is C13H19BrN2O. The van der Waals surface area contributed by atoms with Gasteiger partial charge >= 0.3 is 0 Å². The number of amides is 1. The first-order valence-electron chi connectivity index (χ1n) is 5.78. The lowest BCUT2D eigenvalue weighted by Gasteiger charge is -2.12. The molecule has 2 N–H and O–H groups in total. The van der Waals surface area contributed by atoms with Crippen molar-refractivity contribution in [3.63, 3.8) is 0 Å². The summed E-state index contributed by atoms with van der Waals surface area (Å²) < 4.78 is 0.985. The number of nitrogens with one attached hydrogen (secondary N) is 2. The van der Waals surface area contributed by atoms with Crippen molar-refractivity contribution in [1.82, 2.24) is 10.6 Å². The summed E-state index contributed by atoms with van der Waals surface area (Å²) in [7, 11) is 1.92. The smallest absolute Gasteiger partial charge is 0.224 e. The highest BCUT2D eigenvalue weighted by Crippen LogP contribution is 2.16. The van der Waals surface area contributed by atoms with Gasteiger partial charge in [-0.25, -0.2) is 0 Å². The third-order valence-electron chi connectivity index (χ3n) is 2.51. The van der Waals surface area contributed by atoms with Crippen molar-refractivity contribution in [1.29, 1.82) is 0 Å². The summed E-state index contributed by atoms with van der Waals surface area (Å²) in [6, 6.07) is 7.80. The van der Waals surface area contributed by atoms with E-state index >= 15 is 0 Å². The highest BCUT2D eigenvalue weighted by atomic mass is 79.9. The van der Waals surface area contributed by atoms with E-state index in [-0.39, 0.29) is 5.91 Å². The van der Waals surface area contributed by atoms with Crippen LogP contribution in [0, 0.1) is 5.92 Å². The van der Waals surface area contributed by atoms with E-state index in [4.69, 9.17) is 0 Å². The molecule has 3 nitrogen and oxygen atoms in total. The van der Waals surface area contributed by atoms with Crippen LogP contribution >= 0.6 is 15.9 Å². The largest absolute Gasteiger partial charge is 0.355 e. The Kier molecular flexibility index (Phi) is 6.22. The van der Waals surface area contributed by atoms with Gasteiger partial charge in [0, 0.05) is 11.0 Å². The molecule has 0 aliphatic rings. The fourth-order valence-electron chi connectivity index (χ4n) is 1.59.